The normalized spacial score (nSPS) is 23.0. The van der Waals surface area contributed by atoms with E-state index in [4.69, 9.17) is 4.74 Å². The Morgan fingerprint density at radius 1 is 1.50 bits per heavy atom. The summed E-state index contributed by atoms with van der Waals surface area (Å²) in [4.78, 5) is 10.9. The van der Waals surface area contributed by atoms with E-state index in [1.807, 2.05) is 0 Å². The fourth-order valence-electron chi connectivity index (χ4n) is 1.62. The summed E-state index contributed by atoms with van der Waals surface area (Å²) in [7, 11) is 1.34. The van der Waals surface area contributed by atoms with E-state index in [1.165, 1.54) is 25.5 Å². The van der Waals surface area contributed by atoms with E-state index in [0.29, 0.717) is 0 Å². The van der Waals surface area contributed by atoms with Crippen molar-refractivity contribution in [3.63, 3.8) is 0 Å². The van der Waals surface area contributed by atoms with Crippen LogP contribution in [0.5, 0.6) is 0 Å². The lowest BCUT2D eigenvalue weighted by atomic mass is 9.99. The molecule has 0 aromatic carbocycles. The number of carbonyl (C=O) groups excluding carboxylic acids is 1. The van der Waals surface area contributed by atoms with Crippen molar-refractivity contribution in [3.8, 4) is 0 Å². The molecule has 0 fully saturated rings. The lowest BCUT2D eigenvalue weighted by Crippen LogP contribution is -2.18. The first-order valence-electron chi connectivity index (χ1n) is 5.12. The van der Waals surface area contributed by atoms with Crippen molar-refractivity contribution in [1.82, 2.24) is 0 Å². The number of hydrogen-bond acceptors (Lipinski definition) is 3. The maximum atomic E-state index is 10.9. The molecule has 0 N–H and O–H groups in total. The van der Waals surface area contributed by atoms with Gasteiger partial charge in [0, 0.05) is 6.42 Å². The predicted octanol–water partition coefficient (Wildman–Crippen LogP) is 3.05. The van der Waals surface area contributed by atoms with Crippen LogP contribution in [-0.2, 0) is 9.47 Å². The lowest BCUT2D eigenvalue weighted by Gasteiger charge is -2.17. The topological polar surface area (TPSA) is 35.5 Å². The van der Waals surface area contributed by atoms with E-state index in [2.05, 4.69) is 17.7 Å². The molecule has 0 heterocycles. The largest absolute Gasteiger partial charge is 0.508 e. The SMILES string of the molecule is COC(=O)OC1CC=C(C)CCCC1. The second-order valence-corrected chi connectivity index (χ2v) is 3.73. The number of ether oxygens (including phenoxy) is 2. The minimum Gasteiger partial charge on any atom is -0.438 e. The van der Waals surface area contributed by atoms with Gasteiger partial charge in [0.1, 0.15) is 6.10 Å². The molecule has 0 aromatic heterocycles. The third kappa shape index (κ3) is 3.81. The minimum absolute atomic E-state index is 0.00213. The van der Waals surface area contributed by atoms with Crippen molar-refractivity contribution in [1.29, 1.82) is 0 Å². The average molecular weight is 198 g/mol. The molecule has 1 aliphatic carbocycles. The Balaban J connectivity index is 2.43. The fourth-order valence-corrected chi connectivity index (χ4v) is 1.62. The molecule has 0 amide bonds. The van der Waals surface area contributed by atoms with Crippen LogP contribution in [0.3, 0.4) is 0 Å². The van der Waals surface area contributed by atoms with Crippen LogP contribution in [0, 0.1) is 0 Å². The summed E-state index contributed by atoms with van der Waals surface area (Å²) >= 11 is 0. The second kappa shape index (κ2) is 5.68. The molecular formula is C11H18O3. The second-order valence-electron chi connectivity index (χ2n) is 3.73. The molecule has 0 spiro atoms. The highest BCUT2D eigenvalue weighted by Gasteiger charge is 2.14. The molecular weight excluding hydrogens is 180 g/mol. The monoisotopic (exact) mass is 198 g/mol. The van der Waals surface area contributed by atoms with Gasteiger partial charge in [-0.2, -0.15) is 0 Å². The first-order chi connectivity index (χ1) is 6.72. The number of methoxy groups -OCH3 is 1. The van der Waals surface area contributed by atoms with Gasteiger partial charge in [-0.1, -0.05) is 11.6 Å². The van der Waals surface area contributed by atoms with E-state index in [-0.39, 0.29) is 6.10 Å². The first-order valence-corrected chi connectivity index (χ1v) is 5.12. The highest BCUT2D eigenvalue weighted by Crippen LogP contribution is 2.19. The summed E-state index contributed by atoms with van der Waals surface area (Å²) in [5, 5.41) is 0. The molecule has 1 aliphatic rings. The van der Waals surface area contributed by atoms with E-state index >= 15 is 0 Å². The summed E-state index contributed by atoms with van der Waals surface area (Å²) in [6.07, 6.45) is 6.83. The van der Waals surface area contributed by atoms with Crippen LogP contribution in [0.15, 0.2) is 11.6 Å². The Kier molecular flexibility index (Phi) is 4.50. The zero-order chi connectivity index (χ0) is 10.4. The summed E-state index contributed by atoms with van der Waals surface area (Å²) < 4.78 is 9.59. The molecule has 1 unspecified atom stereocenters. The number of allylic oxidation sites excluding steroid dienone is 1. The molecule has 0 aromatic rings. The van der Waals surface area contributed by atoms with Gasteiger partial charge in [0.25, 0.3) is 0 Å². The smallest absolute Gasteiger partial charge is 0.438 e. The lowest BCUT2D eigenvalue weighted by molar-refractivity contribution is 0.0336. The van der Waals surface area contributed by atoms with E-state index in [9.17, 15) is 4.79 Å². The fraction of sp³-hybridized carbons (Fsp3) is 0.727. The predicted molar refractivity (Wildman–Crippen MR) is 54.1 cm³/mol. The first kappa shape index (κ1) is 11.1. The Morgan fingerprint density at radius 3 is 3.00 bits per heavy atom. The van der Waals surface area contributed by atoms with Crippen LogP contribution in [0.25, 0.3) is 0 Å². The van der Waals surface area contributed by atoms with Gasteiger partial charge in [-0.3, -0.25) is 0 Å². The van der Waals surface area contributed by atoms with Crippen molar-refractivity contribution in [2.24, 2.45) is 0 Å². The Hall–Kier alpha value is -0.990. The molecule has 3 nitrogen and oxygen atoms in total. The van der Waals surface area contributed by atoms with E-state index < -0.39 is 6.16 Å². The number of rotatable bonds is 1. The van der Waals surface area contributed by atoms with Crippen LogP contribution >= 0.6 is 0 Å². The maximum absolute atomic E-state index is 10.9. The highest BCUT2D eigenvalue weighted by molar-refractivity contribution is 5.59. The Labute approximate surface area is 85.1 Å². The van der Waals surface area contributed by atoms with Gasteiger partial charge in [0.2, 0.25) is 0 Å². The van der Waals surface area contributed by atoms with Gasteiger partial charge in [-0.05, 0) is 32.6 Å². The van der Waals surface area contributed by atoms with Crippen LogP contribution in [0.4, 0.5) is 4.79 Å². The molecule has 1 rings (SSSR count). The highest BCUT2D eigenvalue weighted by atomic mass is 16.7. The minimum atomic E-state index is -0.568. The van der Waals surface area contributed by atoms with E-state index in [0.717, 1.165) is 19.3 Å². The molecule has 0 bridgehead atoms. The summed E-state index contributed by atoms with van der Waals surface area (Å²) in [5.41, 5.74) is 1.39. The Bertz CT molecular complexity index is 221. The molecule has 1 atom stereocenters. The van der Waals surface area contributed by atoms with E-state index in [1.54, 1.807) is 0 Å². The van der Waals surface area contributed by atoms with Gasteiger partial charge in [0.15, 0.2) is 0 Å². The molecule has 0 radical (unpaired) electrons. The zero-order valence-electron chi connectivity index (χ0n) is 8.91. The van der Waals surface area contributed by atoms with Crippen LogP contribution < -0.4 is 0 Å². The third-order valence-electron chi connectivity index (χ3n) is 2.51. The van der Waals surface area contributed by atoms with Crippen molar-refractivity contribution < 1.29 is 14.3 Å². The van der Waals surface area contributed by atoms with Crippen molar-refractivity contribution in [2.45, 2.75) is 45.1 Å². The molecule has 14 heavy (non-hydrogen) atoms. The third-order valence-corrected chi connectivity index (χ3v) is 2.51. The molecule has 0 saturated heterocycles. The van der Waals surface area contributed by atoms with Gasteiger partial charge in [-0.15, -0.1) is 0 Å². The summed E-state index contributed by atoms with van der Waals surface area (Å²) in [6.45, 7) is 2.13. The van der Waals surface area contributed by atoms with Crippen molar-refractivity contribution in [3.05, 3.63) is 11.6 Å². The quantitative estimate of drug-likeness (QED) is 0.480. The summed E-state index contributed by atoms with van der Waals surface area (Å²) in [6, 6.07) is 0. The van der Waals surface area contributed by atoms with Crippen LogP contribution in [-0.4, -0.2) is 19.4 Å². The van der Waals surface area contributed by atoms with Crippen LogP contribution in [0.2, 0.25) is 0 Å². The van der Waals surface area contributed by atoms with Gasteiger partial charge >= 0.3 is 6.16 Å². The molecule has 0 saturated carbocycles. The number of hydrogen-bond donors (Lipinski definition) is 0. The van der Waals surface area contributed by atoms with Crippen LogP contribution in [0.1, 0.15) is 39.0 Å². The molecule has 0 aliphatic heterocycles. The Morgan fingerprint density at radius 2 is 2.29 bits per heavy atom. The van der Waals surface area contributed by atoms with Gasteiger partial charge < -0.3 is 9.47 Å². The van der Waals surface area contributed by atoms with Gasteiger partial charge in [-0.25, -0.2) is 4.79 Å². The average Bonchev–Trinajstić information content (AvgIpc) is 2.16. The number of carbonyl (C=O) groups is 1. The summed E-state index contributed by atoms with van der Waals surface area (Å²) in [5.74, 6) is 0. The standard InChI is InChI=1S/C11H18O3/c1-9-5-3-4-6-10(8-7-9)14-11(12)13-2/h7,10H,3-6,8H2,1-2H3. The van der Waals surface area contributed by atoms with Crippen molar-refractivity contribution >= 4 is 6.16 Å². The zero-order valence-corrected chi connectivity index (χ0v) is 8.91. The molecule has 80 valence electrons. The van der Waals surface area contributed by atoms with Crippen molar-refractivity contribution in [2.75, 3.05) is 7.11 Å². The molecule has 3 heteroatoms. The maximum Gasteiger partial charge on any atom is 0.508 e. The van der Waals surface area contributed by atoms with Gasteiger partial charge in [0.05, 0.1) is 7.11 Å².